The summed E-state index contributed by atoms with van der Waals surface area (Å²) in [5.41, 5.74) is 1.40. The third-order valence-corrected chi connectivity index (χ3v) is 5.40. The number of benzene rings is 1. The van der Waals surface area contributed by atoms with Crippen LogP contribution in [0.25, 0.3) is 0 Å². The van der Waals surface area contributed by atoms with Crippen LogP contribution in [-0.2, 0) is 11.2 Å². The average molecular weight is 470 g/mol. The summed E-state index contributed by atoms with van der Waals surface area (Å²) in [6, 6.07) is 11.2. The van der Waals surface area contributed by atoms with Crippen LogP contribution in [0.2, 0.25) is 0 Å². The lowest BCUT2D eigenvalue weighted by molar-refractivity contribution is -0.131. The molecule has 2 N–H and O–H groups in total. The molecule has 1 heterocycles. The molecule has 5 nitrogen and oxygen atoms in total. The molecule has 1 saturated carbocycles. The molecule has 0 spiro atoms. The van der Waals surface area contributed by atoms with Gasteiger partial charge >= 0.3 is 0 Å². The molecular formula is C20H31IN4O. The van der Waals surface area contributed by atoms with Crippen LogP contribution in [0.1, 0.15) is 31.7 Å². The van der Waals surface area contributed by atoms with Crippen LogP contribution in [0.5, 0.6) is 0 Å². The highest BCUT2D eigenvalue weighted by Crippen LogP contribution is 2.28. The number of hydrogen-bond donors (Lipinski definition) is 2. The van der Waals surface area contributed by atoms with Gasteiger partial charge in [-0.2, -0.15) is 0 Å². The average Bonchev–Trinajstić information content (AvgIpc) is 3.34. The quantitative estimate of drug-likeness (QED) is 0.395. The molecule has 0 aromatic heterocycles. The van der Waals surface area contributed by atoms with Crippen molar-refractivity contribution < 1.29 is 4.79 Å². The van der Waals surface area contributed by atoms with Gasteiger partial charge in [-0.15, -0.1) is 24.0 Å². The van der Waals surface area contributed by atoms with Gasteiger partial charge in [-0.05, 0) is 43.1 Å². The van der Waals surface area contributed by atoms with E-state index in [9.17, 15) is 4.79 Å². The van der Waals surface area contributed by atoms with Crippen molar-refractivity contribution in [2.45, 2.75) is 38.6 Å². The normalized spacial score (nSPS) is 23.2. The number of halogens is 1. The zero-order chi connectivity index (χ0) is 17.6. The number of likely N-dealkylation sites (tertiary alicyclic amines) is 1. The topological polar surface area (TPSA) is 56.7 Å². The smallest absolute Gasteiger partial charge is 0.241 e. The molecule has 26 heavy (non-hydrogen) atoms. The highest BCUT2D eigenvalue weighted by Gasteiger charge is 2.33. The third-order valence-electron chi connectivity index (χ3n) is 5.40. The molecule has 0 radical (unpaired) electrons. The monoisotopic (exact) mass is 470 g/mol. The highest BCUT2D eigenvalue weighted by atomic mass is 127. The van der Waals surface area contributed by atoms with Crippen molar-refractivity contribution >= 4 is 35.8 Å². The predicted octanol–water partition coefficient (Wildman–Crippen LogP) is 2.66. The number of guanidine groups is 1. The van der Waals surface area contributed by atoms with Crippen LogP contribution in [0, 0.1) is 11.8 Å². The standard InChI is InChI=1S/C20H30N4O.HI/c1-15-12-18(15)23-20(21-2)22-14-19(25)24-10-8-17(9-11-24)13-16-6-4-3-5-7-16;/h3-7,15,17-18H,8-14H2,1-2H3,(H2,21,22,23);1H. The lowest BCUT2D eigenvalue weighted by Gasteiger charge is -2.32. The highest BCUT2D eigenvalue weighted by molar-refractivity contribution is 14.0. The van der Waals surface area contributed by atoms with Crippen LogP contribution in [0.4, 0.5) is 0 Å². The Bertz CT molecular complexity index is 599. The van der Waals surface area contributed by atoms with Crippen molar-refractivity contribution in [3.05, 3.63) is 35.9 Å². The van der Waals surface area contributed by atoms with E-state index in [-0.39, 0.29) is 29.9 Å². The first-order chi connectivity index (χ1) is 12.2. The van der Waals surface area contributed by atoms with Crippen LogP contribution in [0.15, 0.2) is 35.3 Å². The summed E-state index contributed by atoms with van der Waals surface area (Å²) in [4.78, 5) is 18.6. The number of hydrogen-bond acceptors (Lipinski definition) is 2. The summed E-state index contributed by atoms with van der Waals surface area (Å²) >= 11 is 0. The van der Waals surface area contributed by atoms with Crippen LogP contribution in [0.3, 0.4) is 0 Å². The maximum atomic E-state index is 12.4. The Balaban J connectivity index is 0.00000243. The SMILES string of the molecule is CN=C(NCC(=O)N1CCC(Cc2ccccc2)CC1)NC1CC1C.I. The van der Waals surface area contributed by atoms with E-state index >= 15 is 0 Å². The molecule has 2 aliphatic rings. The van der Waals surface area contributed by atoms with Crippen molar-refractivity contribution in [3.63, 3.8) is 0 Å². The molecule has 3 rings (SSSR count). The first-order valence-corrected chi connectivity index (χ1v) is 9.44. The minimum absolute atomic E-state index is 0. The van der Waals surface area contributed by atoms with E-state index in [1.54, 1.807) is 7.05 Å². The molecule has 6 heteroatoms. The third kappa shape index (κ3) is 6.14. The number of carbonyl (C=O) groups excluding carboxylic acids is 1. The Kier molecular flexibility index (Phi) is 8.18. The van der Waals surface area contributed by atoms with E-state index in [4.69, 9.17) is 0 Å². The summed E-state index contributed by atoms with van der Waals surface area (Å²) in [5.74, 6) is 2.30. The fraction of sp³-hybridized carbons (Fsp3) is 0.600. The van der Waals surface area contributed by atoms with E-state index < -0.39 is 0 Å². The fourth-order valence-electron chi connectivity index (χ4n) is 3.50. The first-order valence-electron chi connectivity index (χ1n) is 9.44. The summed E-state index contributed by atoms with van der Waals surface area (Å²) in [6.45, 7) is 4.27. The molecule has 0 bridgehead atoms. The van der Waals surface area contributed by atoms with E-state index in [1.807, 2.05) is 4.90 Å². The summed E-state index contributed by atoms with van der Waals surface area (Å²) < 4.78 is 0. The molecular weight excluding hydrogens is 439 g/mol. The Morgan fingerprint density at radius 1 is 1.23 bits per heavy atom. The maximum absolute atomic E-state index is 12.4. The minimum atomic E-state index is 0. The number of aliphatic imine (C=N–C) groups is 1. The van der Waals surface area contributed by atoms with Crippen molar-refractivity contribution in [1.82, 2.24) is 15.5 Å². The van der Waals surface area contributed by atoms with E-state index in [0.29, 0.717) is 24.4 Å². The van der Waals surface area contributed by atoms with E-state index in [0.717, 1.165) is 38.3 Å². The number of rotatable bonds is 5. The minimum Gasteiger partial charge on any atom is -0.353 e. The second kappa shape index (κ2) is 10.1. The zero-order valence-corrected chi connectivity index (χ0v) is 18.1. The van der Waals surface area contributed by atoms with Gasteiger partial charge in [0.25, 0.3) is 0 Å². The summed E-state index contributed by atoms with van der Waals surface area (Å²) in [7, 11) is 1.75. The molecule has 144 valence electrons. The summed E-state index contributed by atoms with van der Waals surface area (Å²) in [5, 5.41) is 6.51. The first kappa shape index (κ1) is 21.0. The molecule has 1 aliphatic carbocycles. The van der Waals surface area contributed by atoms with Gasteiger partial charge in [-0.1, -0.05) is 37.3 Å². The number of carbonyl (C=O) groups is 1. The van der Waals surface area contributed by atoms with E-state index in [1.165, 1.54) is 12.0 Å². The molecule has 1 aromatic rings. The Hall–Kier alpha value is -1.31. The molecule has 2 unspecified atom stereocenters. The van der Waals surface area contributed by atoms with Gasteiger partial charge < -0.3 is 15.5 Å². The largest absolute Gasteiger partial charge is 0.353 e. The molecule has 2 fully saturated rings. The number of piperidine rings is 1. The molecule has 1 amide bonds. The summed E-state index contributed by atoms with van der Waals surface area (Å²) in [6.07, 6.45) is 4.49. The fourth-order valence-corrected chi connectivity index (χ4v) is 3.50. The van der Waals surface area contributed by atoms with Crippen molar-refractivity contribution in [2.24, 2.45) is 16.8 Å². The van der Waals surface area contributed by atoms with Gasteiger partial charge in [0.05, 0.1) is 6.54 Å². The Morgan fingerprint density at radius 3 is 2.46 bits per heavy atom. The lowest BCUT2D eigenvalue weighted by atomic mass is 9.90. The zero-order valence-electron chi connectivity index (χ0n) is 15.8. The van der Waals surface area contributed by atoms with Crippen LogP contribution < -0.4 is 10.6 Å². The van der Waals surface area contributed by atoms with Gasteiger partial charge in [0, 0.05) is 26.2 Å². The second-order valence-electron chi connectivity index (χ2n) is 7.40. The van der Waals surface area contributed by atoms with E-state index in [2.05, 4.69) is 52.9 Å². The molecule has 1 aromatic carbocycles. The Morgan fingerprint density at radius 2 is 1.88 bits per heavy atom. The van der Waals surface area contributed by atoms with Gasteiger partial charge in [0.15, 0.2) is 5.96 Å². The van der Waals surface area contributed by atoms with Crippen LogP contribution >= 0.6 is 24.0 Å². The van der Waals surface area contributed by atoms with Gasteiger partial charge in [0.1, 0.15) is 0 Å². The van der Waals surface area contributed by atoms with Gasteiger partial charge in [-0.25, -0.2) is 0 Å². The number of nitrogens with one attached hydrogen (secondary N) is 2. The molecule has 1 aliphatic heterocycles. The van der Waals surface area contributed by atoms with Crippen molar-refractivity contribution in [3.8, 4) is 0 Å². The maximum Gasteiger partial charge on any atom is 0.241 e. The lowest BCUT2D eigenvalue weighted by Crippen LogP contribution is -2.47. The second-order valence-corrected chi connectivity index (χ2v) is 7.40. The predicted molar refractivity (Wildman–Crippen MR) is 117 cm³/mol. The Labute approximate surface area is 174 Å². The molecule has 2 atom stereocenters. The van der Waals surface area contributed by atoms with Crippen molar-refractivity contribution in [1.29, 1.82) is 0 Å². The number of amides is 1. The molecule has 1 saturated heterocycles. The van der Waals surface area contributed by atoms with Crippen LogP contribution in [-0.4, -0.2) is 49.5 Å². The number of nitrogens with zero attached hydrogens (tertiary/aromatic N) is 2. The van der Waals surface area contributed by atoms with Crippen molar-refractivity contribution in [2.75, 3.05) is 26.7 Å². The van der Waals surface area contributed by atoms with Gasteiger partial charge in [-0.3, -0.25) is 9.79 Å². The van der Waals surface area contributed by atoms with Gasteiger partial charge in [0.2, 0.25) is 5.91 Å².